The van der Waals surface area contributed by atoms with Crippen molar-refractivity contribution in [3.05, 3.63) is 206 Å². The van der Waals surface area contributed by atoms with Crippen LogP contribution in [0.5, 0.6) is 0 Å². The van der Waals surface area contributed by atoms with E-state index in [4.69, 9.17) is 8.83 Å². The van der Waals surface area contributed by atoms with Crippen LogP contribution in [0.3, 0.4) is 0 Å². The first-order valence-electron chi connectivity index (χ1n) is 20.4. The van der Waals surface area contributed by atoms with E-state index in [0.29, 0.717) is 0 Å². The van der Waals surface area contributed by atoms with Gasteiger partial charge in [0, 0.05) is 72.5 Å². The second-order valence-electron chi connectivity index (χ2n) is 15.7. The number of nitrogens with zero attached hydrogens (tertiary/aromatic N) is 2. The molecule has 0 spiro atoms. The van der Waals surface area contributed by atoms with Crippen molar-refractivity contribution in [1.82, 2.24) is 4.40 Å². The Labute approximate surface area is 344 Å². The highest BCUT2D eigenvalue weighted by atomic mass is 16.3. The Morgan fingerprint density at radius 2 is 0.783 bits per heavy atom. The monoisotopic (exact) mass is 766 g/mol. The minimum Gasteiger partial charge on any atom is -0.456 e. The van der Waals surface area contributed by atoms with Crippen molar-refractivity contribution in [2.24, 2.45) is 0 Å². The van der Waals surface area contributed by atoms with Crippen molar-refractivity contribution in [3.63, 3.8) is 0 Å². The summed E-state index contributed by atoms with van der Waals surface area (Å²) in [6.45, 7) is 0. The highest BCUT2D eigenvalue weighted by molar-refractivity contribution is 6.22. The van der Waals surface area contributed by atoms with Gasteiger partial charge in [0.15, 0.2) is 0 Å². The average molecular weight is 767 g/mol. The summed E-state index contributed by atoms with van der Waals surface area (Å²) in [5.41, 5.74) is 14.9. The lowest BCUT2D eigenvalue weighted by Crippen LogP contribution is -2.09. The number of aromatic nitrogens is 1. The number of pyridine rings is 1. The van der Waals surface area contributed by atoms with Crippen LogP contribution < -0.4 is 4.90 Å². The smallest absolute Gasteiger partial charge is 0.137 e. The maximum Gasteiger partial charge on any atom is 0.137 e. The predicted molar refractivity (Wildman–Crippen MR) is 250 cm³/mol. The number of para-hydroxylation sites is 4. The molecule has 0 atom stereocenters. The van der Waals surface area contributed by atoms with Gasteiger partial charge >= 0.3 is 0 Å². The summed E-state index contributed by atoms with van der Waals surface area (Å²) in [7, 11) is 0. The van der Waals surface area contributed by atoms with Gasteiger partial charge in [0.25, 0.3) is 0 Å². The van der Waals surface area contributed by atoms with E-state index in [1.165, 1.54) is 49.2 Å². The quantitative estimate of drug-likeness (QED) is 0.164. The molecule has 0 radical (unpaired) electrons. The van der Waals surface area contributed by atoms with Gasteiger partial charge in [0.2, 0.25) is 0 Å². The molecular weight excluding hydrogens is 733 g/mol. The second kappa shape index (κ2) is 12.7. The van der Waals surface area contributed by atoms with Crippen LogP contribution in [0.2, 0.25) is 0 Å². The lowest BCUT2D eigenvalue weighted by atomic mass is 9.95. The SMILES string of the molecule is c1ccc(-c2c3ccccc3n3c4ccccc4c4ccc(-c5ccc(N(c6ccc7c(c6)oc6ccccc67)c6ccc7c(c6)oc6ccccc67)cc5)cc4c23)cc1. The molecule has 4 heterocycles. The predicted octanol–water partition coefficient (Wildman–Crippen LogP) is 16.0. The van der Waals surface area contributed by atoms with E-state index in [1.807, 2.05) is 24.3 Å². The van der Waals surface area contributed by atoms with E-state index < -0.39 is 0 Å². The number of hydrogen-bond donors (Lipinski definition) is 0. The van der Waals surface area contributed by atoms with Crippen molar-refractivity contribution >= 4 is 99.0 Å². The Kier molecular flexibility index (Phi) is 6.98. The molecule has 0 N–H and O–H groups in total. The third kappa shape index (κ3) is 4.85. The van der Waals surface area contributed by atoms with Gasteiger partial charge in [-0.1, -0.05) is 127 Å². The molecule has 4 nitrogen and oxygen atoms in total. The minimum absolute atomic E-state index is 0.850. The first-order chi connectivity index (χ1) is 29.7. The van der Waals surface area contributed by atoms with Crippen LogP contribution >= 0.6 is 0 Å². The second-order valence-corrected chi connectivity index (χ2v) is 15.7. The molecule has 13 aromatic rings. The zero-order valence-electron chi connectivity index (χ0n) is 32.3. The van der Waals surface area contributed by atoms with Crippen LogP contribution in [0.15, 0.2) is 215 Å². The molecular formula is C56H34N2O2. The Morgan fingerprint density at radius 1 is 0.300 bits per heavy atom. The highest BCUT2D eigenvalue weighted by Gasteiger charge is 2.21. The van der Waals surface area contributed by atoms with Gasteiger partial charge in [-0.2, -0.15) is 0 Å². The molecule has 0 aliphatic heterocycles. The minimum atomic E-state index is 0.850. The van der Waals surface area contributed by atoms with Crippen LogP contribution in [-0.4, -0.2) is 4.40 Å². The van der Waals surface area contributed by atoms with Crippen molar-refractivity contribution < 1.29 is 8.83 Å². The molecule has 0 fully saturated rings. The number of hydrogen-bond acceptors (Lipinski definition) is 3. The molecule has 0 saturated carbocycles. The summed E-state index contributed by atoms with van der Waals surface area (Å²) in [5, 5.41) is 9.38. The summed E-state index contributed by atoms with van der Waals surface area (Å²) in [6, 6.07) is 73.8. The first kappa shape index (κ1) is 32.9. The molecule has 0 saturated heterocycles. The zero-order valence-corrected chi connectivity index (χ0v) is 32.3. The lowest BCUT2D eigenvalue weighted by Gasteiger charge is -2.25. The van der Waals surface area contributed by atoms with Gasteiger partial charge in [0.05, 0.1) is 16.6 Å². The number of benzene rings is 9. The molecule has 60 heavy (non-hydrogen) atoms. The van der Waals surface area contributed by atoms with Crippen molar-refractivity contribution in [3.8, 4) is 22.3 Å². The highest BCUT2D eigenvalue weighted by Crippen LogP contribution is 2.45. The Bertz CT molecular complexity index is 3720. The Morgan fingerprint density at radius 3 is 1.43 bits per heavy atom. The van der Waals surface area contributed by atoms with Crippen LogP contribution in [0, 0.1) is 0 Å². The standard InChI is InChI=1S/C56H34N2O2/c1-2-12-36(13-3-1)55-47-17-5-9-19-50(47)58-49-18-8-4-14-42(49)41-29-24-37(32-48(41)56(55)58)35-22-25-38(26-23-35)57(39-27-30-45-43-15-6-10-20-51(43)59-53(45)33-39)40-28-31-46-44-16-7-11-21-52(44)60-54(46)34-40/h1-34H. The van der Waals surface area contributed by atoms with E-state index >= 15 is 0 Å². The first-order valence-corrected chi connectivity index (χ1v) is 20.4. The zero-order chi connectivity index (χ0) is 39.3. The van der Waals surface area contributed by atoms with Crippen LogP contribution in [0.25, 0.3) is 104 Å². The average Bonchev–Trinajstić information content (AvgIpc) is 3.99. The molecule has 280 valence electrons. The topological polar surface area (TPSA) is 33.9 Å². The number of anilines is 3. The van der Waals surface area contributed by atoms with Crippen LogP contribution in [0.1, 0.15) is 0 Å². The van der Waals surface area contributed by atoms with Crippen molar-refractivity contribution in [2.75, 3.05) is 4.90 Å². The summed E-state index contributed by atoms with van der Waals surface area (Å²) in [5.74, 6) is 0. The molecule has 9 aromatic carbocycles. The van der Waals surface area contributed by atoms with E-state index in [0.717, 1.165) is 72.1 Å². The van der Waals surface area contributed by atoms with Gasteiger partial charge in [-0.25, -0.2) is 0 Å². The van der Waals surface area contributed by atoms with Gasteiger partial charge in [-0.05, 0) is 88.8 Å². The van der Waals surface area contributed by atoms with Crippen LogP contribution in [0.4, 0.5) is 17.1 Å². The number of rotatable bonds is 5. The van der Waals surface area contributed by atoms with Crippen molar-refractivity contribution in [1.29, 1.82) is 0 Å². The van der Waals surface area contributed by atoms with Crippen LogP contribution in [-0.2, 0) is 0 Å². The van der Waals surface area contributed by atoms with E-state index in [9.17, 15) is 0 Å². The normalized spacial score (nSPS) is 12.0. The van der Waals surface area contributed by atoms with Crippen molar-refractivity contribution in [2.45, 2.75) is 0 Å². The van der Waals surface area contributed by atoms with E-state index in [-0.39, 0.29) is 0 Å². The third-order valence-electron chi connectivity index (χ3n) is 12.3. The molecule has 0 unspecified atom stereocenters. The lowest BCUT2D eigenvalue weighted by molar-refractivity contribution is 0.669. The molecule has 4 aromatic heterocycles. The summed E-state index contributed by atoms with van der Waals surface area (Å²) < 4.78 is 15.3. The van der Waals surface area contributed by atoms with Gasteiger partial charge in [0.1, 0.15) is 22.3 Å². The number of furan rings is 2. The molecule has 0 amide bonds. The fraction of sp³-hybridized carbons (Fsp3) is 0. The van der Waals surface area contributed by atoms with E-state index in [1.54, 1.807) is 0 Å². The molecule has 0 aliphatic rings. The fourth-order valence-electron chi connectivity index (χ4n) is 9.65. The Balaban J connectivity index is 0.994. The summed E-state index contributed by atoms with van der Waals surface area (Å²) in [6.07, 6.45) is 0. The summed E-state index contributed by atoms with van der Waals surface area (Å²) in [4.78, 5) is 2.29. The van der Waals surface area contributed by atoms with Gasteiger partial charge in [-0.3, -0.25) is 0 Å². The van der Waals surface area contributed by atoms with Gasteiger partial charge < -0.3 is 18.1 Å². The Hall–Kier alpha value is -8.08. The number of fused-ring (bicyclic) bond motifs is 14. The third-order valence-corrected chi connectivity index (χ3v) is 12.3. The molecule has 13 rings (SSSR count). The fourth-order valence-corrected chi connectivity index (χ4v) is 9.65. The van der Waals surface area contributed by atoms with E-state index in [2.05, 4.69) is 191 Å². The maximum absolute atomic E-state index is 6.40. The molecule has 0 bridgehead atoms. The van der Waals surface area contributed by atoms with Gasteiger partial charge in [-0.15, -0.1) is 0 Å². The molecule has 4 heteroatoms. The maximum atomic E-state index is 6.40. The largest absolute Gasteiger partial charge is 0.456 e. The summed E-state index contributed by atoms with van der Waals surface area (Å²) >= 11 is 0. The molecule has 0 aliphatic carbocycles.